The molecule has 2 aliphatic rings. The van der Waals surface area contributed by atoms with Gasteiger partial charge < -0.3 is 5.11 Å². The summed E-state index contributed by atoms with van der Waals surface area (Å²) in [6.45, 7) is 0. The summed E-state index contributed by atoms with van der Waals surface area (Å²) >= 11 is 0. The second-order valence-corrected chi connectivity index (χ2v) is 7.27. The Labute approximate surface area is 97.9 Å². The highest BCUT2D eigenvalue weighted by atomic mass is 32.2. The number of halogens is 2. The normalized spacial score (nSPS) is 35.4. The van der Waals surface area contributed by atoms with Crippen LogP contribution in [0.1, 0.15) is 25.7 Å². The van der Waals surface area contributed by atoms with Gasteiger partial charge in [0.25, 0.3) is 5.92 Å². The quantitative estimate of drug-likeness (QED) is 0.837. The van der Waals surface area contributed by atoms with E-state index in [0.29, 0.717) is 12.8 Å². The van der Waals surface area contributed by atoms with Gasteiger partial charge in [0.1, 0.15) is 5.41 Å². The van der Waals surface area contributed by atoms with Gasteiger partial charge in [-0.15, -0.1) is 0 Å². The molecule has 2 fully saturated rings. The molecule has 4 nitrogen and oxygen atoms in total. The zero-order chi connectivity index (χ0) is 12.9. The molecule has 1 aliphatic heterocycles. The Kier molecular flexibility index (Phi) is 2.72. The third kappa shape index (κ3) is 2.17. The fraction of sp³-hybridized carbons (Fsp3) is 0.900. The van der Waals surface area contributed by atoms with E-state index >= 15 is 0 Å². The molecule has 0 radical (unpaired) electrons. The number of carboxylic acid groups (broad SMARTS) is 1. The van der Waals surface area contributed by atoms with E-state index in [9.17, 15) is 22.0 Å². The maximum atomic E-state index is 13.9. The van der Waals surface area contributed by atoms with Crippen molar-refractivity contribution in [1.29, 1.82) is 0 Å². The van der Waals surface area contributed by atoms with E-state index in [1.165, 1.54) is 0 Å². The number of carbonyl (C=O) groups is 1. The minimum Gasteiger partial charge on any atom is -0.481 e. The lowest BCUT2D eigenvalue weighted by Crippen LogP contribution is -2.56. The number of rotatable bonds is 3. The first-order valence-corrected chi connectivity index (χ1v) is 7.32. The van der Waals surface area contributed by atoms with E-state index in [0.717, 1.165) is 0 Å². The van der Waals surface area contributed by atoms with Gasteiger partial charge in [0, 0.05) is 6.42 Å². The van der Waals surface area contributed by atoms with Crippen LogP contribution in [0.3, 0.4) is 0 Å². The van der Waals surface area contributed by atoms with E-state index in [4.69, 9.17) is 5.11 Å². The van der Waals surface area contributed by atoms with Crippen molar-refractivity contribution in [2.75, 3.05) is 11.5 Å². The molecule has 0 bridgehead atoms. The second kappa shape index (κ2) is 3.63. The van der Waals surface area contributed by atoms with Crippen molar-refractivity contribution in [3.63, 3.8) is 0 Å². The zero-order valence-corrected chi connectivity index (χ0v) is 9.97. The van der Waals surface area contributed by atoms with Crippen LogP contribution in [0.15, 0.2) is 0 Å². The first kappa shape index (κ1) is 12.7. The van der Waals surface area contributed by atoms with Gasteiger partial charge in [-0.1, -0.05) is 12.8 Å². The van der Waals surface area contributed by atoms with E-state index < -0.39 is 45.1 Å². The average molecular weight is 268 g/mol. The van der Waals surface area contributed by atoms with Gasteiger partial charge in [-0.2, -0.15) is 0 Å². The molecule has 0 aromatic rings. The molecule has 1 saturated carbocycles. The van der Waals surface area contributed by atoms with Crippen LogP contribution in [0.25, 0.3) is 0 Å². The predicted molar refractivity (Wildman–Crippen MR) is 55.6 cm³/mol. The molecule has 1 unspecified atom stereocenters. The van der Waals surface area contributed by atoms with Crippen molar-refractivity contribution in [2.45, 2.75) is 31.6 Å². The fourth-order valence-corrected chi connectivity index (χ4v) is 4.32. The molecular weight excluding hydrogens is 254 g/mol. The van der Waals surface area contributed by atoms with Crippen LogP contribution in [0.4, 0.5) is 8.78 Å². The molecule has 0 aromatic carbocycles. The summed E-state index contributed by atoms with van der Waals surface area (Å²) in [5.41, 5.74) is -2.41. The number of hydrogen-bond donors (Lipinski definition) is 1. The van der Waals surface area contributed by atoms with Crippen LogP contribution >= 0.6 is 0 Å². The number of hydrogen-bond acceptors (Lipinski definition) is 3. The SMILES string of the molecule is O=C(O)C1(CC2CC2)CS(=O)(=O)CCC1(F)F. The summed E-state index contributed by atoms with van der Waals surface area (Å²) in [6.07, 6.45) is 0.319. The highest BCUT2D eigenvalue weighted by molar-refractivity contribution is 7.91. The van der Waals surface area contributed by atoms with E-state index in [2.05, 4.69) is 0 Å². The Morgan fingerprint density at radius 3 is 2.41 bits per heavy atom. The summed E-state index contributed by atoms with van der Waals surface area (Å²) in [4.78, 5) is 11.2. The predicted octanol–water partition coefficient (Wildman–Crippen LogP) is 1.31. The van der Waals surface area contributed by atoms with Gasteiger partial charge in [0.2, 0.25) is 0 Å². The van der Waals surface area contributed by atoms with Crippen LogP contribution in [-0.2, 0) is 14.6 Å². The molecule has 1 atom stereocenters. The molecule has 0 amide bonds. The third-order valence-electron chi connectivity index (χ3n) is 3.64. The van der Waals surface area contributed by atoms with Gasteiger partial charge in [0.05, 0.1) is 11.5 Å². The van der Waals surface area contributed by atoms with E-state index in [-0.39, 0.29) is 12.3 Å². The summed E-state index contributed by atoms with van der Waals surface area (Å²) in [6, 6.07) is 0. The smallest absolute Gasteiger partial charge is 0.316 e. The van der Waals surface area contributed by atoms with Crippen LogP contribution in [0, 0.1) is 11.3 Å². The van der Waals surface area contributed by atoms with Crippen molar-refractivity contribution in [3.05, 3.63) is 0 Å². The van der Waals surface area contributed by atoms with Crippen molar-refractivity contribution in [1.82, 2.24) is 0 Å². The first-order valence-electron chi connectivity index (χ1n) is 5.50. The molecule has 98 valence electrons. The zero-order valence-electron chi connectivity index (χ0n) is 9.16. The van der Waals surface area contributed by atoms with Gasteiger partial charge in [-0.3, -0.25) is 4.79 Å². The van der Waals surface area contributed by atoms with Crippen molar-refractivity contribution in [3.8, 4) is 0 Å². The first-order chi connectivity index (χ1) is 7.69. The largest absolute Gasteiger partial charge is 0.481 e. The Bertz CT molecular complexity index is 441. The lowest BCUT2D eigenvalue weighted by atomic mass is 9.76. The van der Waals surface area contributed by atoms with Crippen LogP contribution in [0.5, 0.6) is 0 Å². The maximum Gasteiger partial charge on any atom is 0.316 e. The molecule has 1 saturated heterocycles. The summed E-state index contributed by atoms with van der Waals surface area (Å²) in [5, 5.41) is 9.09. The molecule has 0 spiro atoms. The Hall–Kier alpha value is -0.720. The van der Waals surface area contributed by atoms with Crippen molar-refractivity contribution >= 4 is 15.8 Å². The van der Waals surface area contributed by atoms with E-state index in [1.807, 2.05) is 0 Å². The van der Waals surface area contributed by atoms with Crippen molar-refractivity contribution < 1.29 is 27.1 Å². The molecular formula is C10H14F2O4S. The maximum absolute atomic E-state index is 13.9. The molecule has 7 heteroatoms. The number of sulfone groups is 1. The summed E-state index contributed by atoms with van der Waals surface area (Å²) < 4.78 is 50.6. The Morgan fingerprint density at radius 1 is 1.35 bits per heavy atom. The van der Waals surface area contributed by atoms with E-state index in [1.54, 1.807) is 0 Å². The minimum absolute atomic E-state index is 0.0646. The van der Waals surface area contributed by atoms with Crippen molar-refractivity contribution in [2.24, 2.45) is 11.3 Å². The molecule has 1 aliphatic carbocycles. The van der Waals surface area contributed by atoms with Crippen LogP contribution in [-0.4, -0.2) is 36.9 Å². The molecule has 0 aromatic heterocycles. The minimum atomic E-state index is -3.69. The van der Waals surface area contributed by atoms with Gasteiger partial charge in [0.15, 0.2) is 9.84 Å². The highest BCUT2D eigenvalue weighted by Crippen LogP contribution is 2.52. The Balaban J connectivity index is 2.40. The average Bonchev–Trinajstić information content (AvgIpc) is 2.95. The van der Waals surface area contributed by atoms with Crippen LogP contribution < -0.4 is 0 Å². The lowest BCUT2D eigenvalue weighted by Gasteiger charge is -2.40. The second-order valence-electron chi connectivity index (χ2n) is 5.08. The monoisotopic (exact) mass is 268 g/mol. The molecule has 1 heterocycles. The van der Waals surface area contributed by atoms with Gasteiger partial charge in [-0.05, 0) is 12.3 Å². The standard InChI is InChI=1S/C10H14F2O4S/c11-10(12)3-4-17(15,16)6-9(10,8(13)14)5-7-1-2-7/h7H,1-6H2,(H,13,14). The molecule has 17 heavy (non-hydrogen) atoms. The molecule has 2 rings (SSSR count). The van der Waals surface area contributed by atoms with Gasteiger partial charge in [-0.25, -0.2) is 17.2 Å². The van der Waals surface area contributed by atoms with Gasteiger partial charge >= 0.3 is 5.97 Å². The number of alkyl halides is 2. The number of carboxylic acids is 1. The highest BCUT2D eigenvalue weighted by Gasteiger charge is 2.64. The lowest BCUT2D eigenvalue weighted by molar-refractivity contribution is -0.179. The Morgan fingerprint density at radius 2 is 1.94 bits per heavy atom. The fourth-order valence-electron chi connectivity index (χ4n) is 2.40. The summed E-state index contributed by atoms with van der Waals surface area (Å²) in [5.74, 6) is -6.74. The summed E-state index contributed by atoms with van der Waals surface area (Å²) in [7, 11) is -3.69. The third-order valence-corrected chi connectivity index (χ3v) is 5.40. The topological polar surface area (TPSA) is 71.4 Å². The number of aliphatic carboxylic acids is 1. The molecule has 1 N–H and O–H groups in total. The van der Waals surface area contributed by atoms with Crippen LogP contribution in [0.2, 0.25) is 0 Å².